The van der Waals surface area contributed by atoms with Crippen molar-refractivity contribution in [3.05, 3.63) is 35.4 Å². The molecule has 0 saturated heterocycles. The maximum atomic E-state index is 11.9. The third-order valence-corrected chi connectivity index (χ3v) is 3.27. The van der Waals surface area contributed by atoms with Crippen molar-refractivity contribution in [3.63, 3.8) is 0 Å². The summed E-state index contributed by atoms with van der Waals surface area (Å²) in [6.45, 7) is 4.59. The van der Waals surface area contributed by atoms with E-state index in [4.69, 9.17) is 5.73 Å². The van der Waals surface area contributed by atoms with Crippen molar-refractivity contribution in [1.82, 2.24) is 4.90 Å². The summed E-state index contributed by atoms with van der Waals surface area (Å²) in [4.78, 5) is 13.8. The Balaban J connectivity index is 0.00000144. The van der Waals surface area contributed by atoms with Gasteiger partial charge in [0.15, 0.2) is 0 Å². The van der Waals surface area contributed by atoms with Crippen molar-refractivity contribution in [1.29, 1.82) is 0 Å². The number of hydrogen-bond donors (Lipinski definition) is 1. The number of fused-ring (bicyclic) bond motifs is 1. The second-order valence-electron chi connectivity index (χ2n) is 4.45. The molecule has 2 atom stereocenters. The van der Waals surface area contributed by atoms with Crippen molar-refractivity contribution >= 4 is 18.3 Å². The monoisotopic (exact) mass is 254 g/mol. The molecule has 1 aromatic carbocycles. The minimum Gasteiger partial charge on any atom is -0.334 e. The predicted molar refractivity (Wildman–Crippen MR) is 71.2 cm³/mol. The molecule has 1 unspecified atom stereocenters. The highest BCUT2D eigenvalue weighted by Crippen LogP contribution is 2.29. The number of carbonyl (C=O) groups is 1. The molecule has 0 spiro atoms. The summed E-state index contributed by atoms with van der Waals surface area (Å²) in [7, 11) is 0. The first-order chi connectivity index (χ1) is 7.61. The fraction of sp³-hybridized carbons (Fsp3) is 0.462. The number of rotatable bonds is 1. The normalized spacial score (nSPS) is 20.2. The van der Waals surface area contributed by atoms with E-state index in [-0.39, 0.29) is 24.4 Å². The maximum Gasteiger partial charge on any atom is 0.239 e. The minimum absolute atomic E-state index is 0. The average Bonchev–Trinajstić information content (AvgIpc) is 2.29. The molecule has 4 heteroatoms. The van der Waals surface area contributed by atoms with E-state index in [1.807, 2.05) is 11.0 Å². The Labute approximate surface area is 108 Å². The van der Waals surface area contributed by atoms with Gasteiger partial charge in [-0.15, -0.1) is 12.4 Å². The quantitative estimate of drug-likeness (QED) is 0.832. The van der Waals surface area contributed by atoms with E-state index in [2.05, 4.69) is 25.1 Å². The average molecular weight is 255 g/mol. The fourth-order valence-electron chi connectivity index (χ4n) is 2.33. The van der Waals surface area contributed by atoms with Crippen LogP contribution in [0.25, 0.3) is 0 Å². The highest BCUT2D eigenvalue weighted by atomic mass is 35.5. The molecule has 0 aromatic heterocycles. The van der Waals surface area contributed by atoms with Crippen LogP contribution in [0.2, 0.25) is 0 Å². The van der Waals surface area contributed by atoms with Gasteiger partial charge >= 0.3 is 0 Å². The van der Waals surface area contributed by atoms with Crippen LogP contribution in [0.5, 0.6) is 0 Å². The van der Waals surface area contributed by atoms with Gasteiger partial charge in [-0.05, 0) is 31.4 Å². The van der Waals surface area contributed by atoms with Crippen LogP contribution in [0.15, 0.2) is 24.3 Å². The summed E-state index contributed by atoms with van der Waals surface area (Å²) in [5, 5.41) is 0. The summed E-state index contributed by atoms with van der Waals surface area (Å²) < 4.78 is 0. The lowest BCUT2D eigenvalue weighted by Crippen LogP contribution is -2.46. The number of nitrogens with zero attached hydrogens (tertiary/aromatic N) is 1. The number of nitrogens with two attached hydrogens (primary N) is 1. The molecular formula is C13H19ClN2O. The Morgan fingerprint density at radius 3 is 2.76 bits per heavy atom. The molecule has 1 aromatic rings. The van der Waals surface area contributed by atoms with Crippen molar-refractivity contribution in [2.24, 2.45) is 5.73 Å². The van der Waals surface area contributed by atoms with Gasteiger partial charge in [-0.1, -0.05) is 24.3 Å². The summed E-state index contributed by atoms with van der Waals surface area (Å²) in [5.74, 6) is 0.0435. The lowest BCUT2D eigenvalue weighted by molar-refractivity contribution is -0.134. The van der Waals surface area contributed by atoms with Crippen LogP contribution >= 0.6 is 12.4 Å². The second kappa shape index (κ2) is 5.52. The standard InChI is InChI=1S/C13H18N2O.ClH/c1-9(14)13(16)15-8-7-11-5-3-4-6-12(11)10(15)2;/h3-6,9-10H,7-8,14H2,1-2H3;1H/t9-,10?;/m0./s1. The van der Waals surface area contributed by atoms with E-state index in [1.165, 1.54) is 11.1 Å². The van der Waals surface area contributed by atoms with E-state index >= 15 is 0 Å². The summed E-state index contributed by atoms with van der Waals surface area (Å²) in [6.07, 6.45) is 0.930. The van der Waals surface area contributed by atoms with Gasteiger partial charge in [-0.3, -0.25) is 4.79 Å². The molecule has 0 saturated carbocycles. The fourth-order valence-corrected chi connectivity index (χ4v) is 2.33. The molecular weight excluding hydrogens is 236 g/mol. The highest BCUT2D eigenvalue weighted by Gasteiger charge is 2.28. The lowest BCUT2D eigenvalue weighted by atomic mass is 9.93. The molecule has 2 rings (SSSR count). The van der Waals surface area contributed by atoms with E-state index in [1.54, 1.807) is 6.92 Å². The first-order valence-electron chi connectivity index (χ1n) is 5.75. The molecule has 1 aliphatic rings. The van der Waals surface area contributed by atoms with Crippen molar-refractivity contribution in [2.75, 3.05) is 6.54 Å². The van der Waals surface area contributed by atoms with E-state index in [0.29, 0.717) is 0 Å². The molecule has 2 N–H and O–H groups in total. The van der Waals surface area contributed by atoms with Gasteiger partial charge in [0.1, 0.15) is 0 Å². The summed E-state index contributed by atoms with van der Waals surface area (Å²) in [5.41, 5.74) is 8.26. The number of amides is 1. The first-order valence-corrected chi connectivity index (χ1v) is 5.75. The first kappa shape index (κ1) is 14.0. The minimum atomic E-state index is -0.410. The molecule has 1 aliphatic heterocycles. The highest BCUT2D eigenvalue weighted by molar-refractivity contribution is 5.85. The predicted octanol–water partition coefficient (Wildman–Crippen LogP) is 1.90. The van der Waals surface area contributed by atoms with E-state index in [0.717, 1.165) is 13.0 Å². The van der Waals surface area contributed by atoms with Crippen molar-refractivity contribution in [3.8, 4) is 0 Å². The van der Waals surface area contributed by atoms with Crippen LogP contribution in [0, 0.1) is 0 Å². The van der Waals surface area contributed by atoms with Crippen molar-refractivity contribution in [2.45, 2.75) is 32.4 Å². The van der Waals surface area contributed by atoms with Gasteiger partial charge in [0.2, 0.25) is 5.91 Å². The van der Waals surface area contributed by atoms with Crippen LogP contribution in [0.4, 0.5) is 0 Å². The molecule has 1 amide bonds. The topological polar surface area (TPSA) is 46.3 Å². The van der Waals surface area contributed by atoms with Gasteiger partial charge in [0, 0.05) is 6.54 Å². The van der Waals surface area contributed by atoms with Crippen LogP contribution in [0.3, 0.4) is 0 Å². The molecule has 0 bridgehead atoms. The molecule has 0 aliphatic carbocycles. The number of benzene rings is 1. The Morgan fingerprint density at radius 1 is 1.47 bits per heavy atom. The maximum absolute atomic E-state index is 11.9. The zero-order valence-electron chi connectivity index (χ0n) is 10.2. The Bertz CT molecular complexity index is 406. The third kappa shape index (κ3) is 2.61. The molecule has 0 radical (unpaired) electrons. The number of halogens is 1. The van der Waals surface area contributed by atoms with Crippen molar-refractivity contribution < 1.29 is 4.79 Å². The molecule has 3 nitrogen and oxygen atoms in total. The molecule has 17 heavy (non-hydrogen) atoms. The molecule has 0 fully saturated rings. The van der Waals surface area contributed by atoms with E-state index < -0.39 is 6.04 Å². The molecule has 1 heterocycles. The van der Waals surface area contributed by atoms with Gasteiger partial charge < -0.3 is 10.6 Å². The summed E-state index contributed by atoms with van der Waals surface area (Å²) in [6, 6.07) is 8.04. The number of hydrogen-bond acceptors (Lipinski definition) is 2. The van der Waals surface area contributed by atoms with Gasteiger partial charge in [-0.25, -0.2) is 0 Å². The zero-order valence-corrected chi connectivity index (χ0v) is 11.0. The molecule has 94 valence electrons. The van der Waals surface area contributed by atoms with Gasteiger partial charge in [-0.2, -0.15) is 0 Å². The van der Waals surface area contributed by atoms with Crippen LogP contribution < -0.4 is 5.73 Å². The summed E-state index contributed by atoms with van der Waals surface area (Å²) >= 11 is 0. The SMILES string of the molecule is CC1c2ccccc2CCN1C(=O)[C@H](C)N.Cl. The Morgan fingerprint density at radius 2 is 2.12 bits per heavy atom. The van der Waals surface area contributed by atoms with Crippen LogP contribution in [-0.2, 0) is 11.2 Å². The van der Waals surface area contributed by atoms with E-state index in [9.17, 15) is 4.79 Å². The largest absolute Gasteiger partial charge is 0.334 e. The third-order valence-electron chi connectivity index (χ3n) is 3.27. The zero-order chi connectivity index (χ0) is 11.7. The number of carbonyl (C=O) groups excluding carboxylic acids is 1. The van der Waals surface area contributed by atoms with Crippen LogP contribution in [-0.4, -0.2) is 23.4 Å². The Hall–Kier alpha value is -1.06. The smallest absolute Gasteiger partial charge is 0.239 e. The lowest BCUT2D eigenvalue weighted by Gasteiger charge is -2.36. The van der Waals surface area contributed by atoms with Gasteiger partial charge in [0.05, 0.1) is 12.1 Å². The second-order valence-corrected chi connectivity index (χ2v) is 4.45. The van der Waals surface area contributed by atoms with Gasteiger partial charge in [0.25, 0.3) is 0 Å². The van der Waals surface area contributed by atoms with Crippen LogP contribution in [0.1, 0.15) is 31.0 Å². The Kier molecular flexibility index (Phi) is 4.54.